The van der Waals surface area contributed by atoms with Crippen LogP contribution in [0.5, 0.6) is 0 Å². The van der Waals surface area contributed by atoms with Crippen LogP contribution in [0, 0.1) is 6.92 Å². The highest BCUT2D eigenvalue weighted by atomic mass is 16.6. The molecule has 1 rings (SSSR count). The Morgan fingerprint density at radius 1 is 1.39 bits per heavy atom. The Morgan fingerprint density at radius 2 is 2.04 bits per heavy atom. The summed E-state index contributed by atoms with van der Waals surface area (Å²) >= 11 is 0. The molecule has 0 aliphatic heterocycles. The molecule has 0 saturated carbocycles. The van der Waals surface area contributed by atoms with Gasteiger partial charge in [-0.25, -0.2) is 9.59 Å². The molecule has 0 heterocycles. The van der Waals surface area contributed by atoms with Gasteiger partial charge in [0.05, 0.1) is 0 Å². The van der Waals surface area contributed by atoms with Crippen LogP contribution >= 0.6 is 0 Å². The molecule has 1 aromatic rings. The molecule has 0 unspecified atom stereocenters. The number of hydrogen-bond donors (Lipinski definition) is 2. The van der Waals surface area contributed by atoms with Gasteiger partial charge in [-0.3, -0.25) is 5.32 Å². The van der Waals surface area contributed by atoms with Crippen LogP contribution in [0.25, 0.3) is 16.5 Å². The largest absolute Gasteiger partial charge is 0.478 e. The third-order valence-electron chi connectivity index (χ3n) is 2.68. The van der Waals surface area contributed by atoms with Gasteiger partial charge >= 0.3 is 12.1 Å². The van der Waals surface area contributed by atoms with Gasteiger partial charge in [-0.15, -0.1) is 0 Å². The fraction of sp³-hybridized carbons (Fsp3) is 0.333. The summed E-state index contributed by atoms with van der Waals surface area (Å²) < 4.78 is 5.17. The van der Waals surface area contributed by atoms with Gasteiger partial charge in [-0.1, -0.05) is 17.2 Å². The number of azide groups is 1. The number of aliphatic carboxylic acids is 1. The zero-order chi connectivity index (χ0) is 17.6. The number of carboxylic acid groups (broad SMARTS) is 1. The Bertz CT molecular complexity index is 694. The van der Waals surface area contributed by atoms with E-state index in [0.29, 0.717) is 16.8 Å². The number of carbonyl (C=O) groups is 2. The fourth-order valence-electron chi connectivity index (χ4n) is 1.69. The van der Waals surface area contributed by atoms with Gasteiger partial charge in [0.2, 0.25) is 0 Å². The zero-order valence-electron chi connectivity index (χ0n) is 13.3. The van der Waals surface area contributed by atoms with E-state index in [4.69, 9.17) is 15.4 Å². The molecule has 0 fully saturated rings. The van der Waals surface area contributed by atoms with Crippen LogP contribution in [0.3, 0.4) is 0 Å². The lowest BCUT2D eigenvalue weighted by molar-refractivity contribution is -0.132. The minimum absolute atomic E-state index is 0.440. The van der Waals surface area contributed by atoms with E-state index in [9.17, 15) is 9.59 Å². The average Bonchev–Trinajstić information content (AvgIpc) is 2.40. The predicted molar refractivity (Wildman–Crippen MR) is 85.8 cm³/mol. The molecular weight excluding hydrogens is 300 g/mol. The van der Waals surface area contributed by atoms with E-state index in [-0.39, 0.29) is 0 Å². The van der Waals surface area contributed by atoms with Gasteiger partial charge in [0.15, 0.2) is 0 Å². The van der Waals surface area contributed by atoms with Crippen LogP contribution in [0.4, 0.5) is 10.5 Å². The third kappa shape index (κ3) is 5.72. The number of anilines is 1. The molecule has 0 aliphatic carbocycles. The molecular formula is C15H18N4O4. The molecule has 8 nitrogen and oxygen atoms in total. The van der Waals surface area contributed by atoms with Gasteiger partial charge < -0.3 is 9.84 Å². The van der Waals surface area contributed by atoms with Crippen molar-refractivity contribution < 1.29 is 19.4 Å². The summed E-state index contributed by atoms with van der Waals surface area (Å²) in [4.78, 5) is 25.3. The molecule has 122 valence electrons. The summed E-state index contributed by atoms with van der Waals surface area (Å²) in [6.45, 7) is 6.95. The van der Waals surface area contributed by atoms with E-state index in [1.807, 2.05) is 0 Å². The number of carboxylic acids is 1. The van der Waals surface area contributed by atoms with Crippen molar-refractivity contribution in [3.05, 3.63) is 45.5 Å². The second-order valence-corrected chi connectivity index (χ2v) is 5.67. The second-order valence-electron chi connectivity index (χ2n) is 5.67. The van der Waals surface area contributed by atoms with E-state index in [1.165, 1.54) is 6.08 Å². The molecule has 0 aliphatic rings. The first-order valence-electron chi connectivity index (χ1n) is 6.74. The Labute approximate surface area is 133 Å². The summed E-state index contributed by atoms with van der Waals surface area (Å²) in [5.74, 6) is -1.34. The van der Waals surface area contributed by atoms with E-state index in [1.54, 1.807) is 45.9 Å². The number of benzene rings is 1. The molecule has 1 aromatic carbocycles. The van der Waals surface area contributed by atoms with E-state index in [0.717, 1.165) is 0 Å². The molecule has 2 N–H and O–H groups in total. The van der Waals surface area contributed by atoms with Crippen LogP contribution in [0.15, 0.2) is 29.0 Å². The first-order chi connectivity index (χ1) is 10.6. The standard InChI is InChI=1S/C15H18N4O4/c1-9-10(8-12(13(20)21)18-19-16)6-5-7-11(9)17-14(22)23-15(2,3)4/h5-8H,1-4H3,(H,17,22)(H,20,21). The quantitative estimate of drug-likeness (QED) is 0.375. The van der Waals surface area contributed by atoms with Crippen LogP contribution in [0.1, 0.15) is 31.9 Å². The highest BCUT2D eigenvalue weighted by Gasteiger charge is 2.17. The molecule has 1 amide bonds. The molecule has 8 heteroatoms. The lowest BCUT2D eigenvalue weighted by Gasteiger charge is -2.20. The molecule has 0 bridgehead atoms. The highest BCUT2D eigenvalue weighted by Crippen LogP contribution is 2.22. The lowest BCUT2D eigenvalue weighted by atomic mass is 10.1. The van der Waals surface area contributed by atoms with Crippen molar-refractivity contribution >= 4 is 23.8 Å². The van der Waals surface area contributed by atoms with E-state index < -0.39 is 23.4 Å². The van der Waals surface area contributed by atoms with Crippen molar-refractivity contribution in [1.82, 2.24) is 0 Å². The van der Waals surface area contributed by atoms with E-state index in [2.05, 4.69) is 15.3 Å². The Balaban J connectivity index is 3.12. The summed E-state index contributed by atoms with van der Waals surface area (Å²) in [7, 11) is 0. The summed E-state index contributed by atoms with van der Waals surface area (Å²) in [6, 6.07) is 4.94. The topological polar surface area (TPSA) is 124 Å². The maximum Gasteiger partial charge on any atom is 0.412 e. The van der Waals surface area contributed by atoms with Crippen molar-refractivity contribution in [2.75, 3.05) is 5.32 Å². The Hall–Kier alpha value is -2.99. The number of hydrogen-bond acceptors (Lipinski definition) is 4. The highest BCUT2D eigenvalue weighted by molar-refractivity contribution is 5.93. The first-order valence-corrected chi connectivity index (χ1v) is 6.74. The second kappa shape index (κ2) is 7.33. The van der Waals surface area contributed by atoms with Gasteiger partial charge in [-0.2, -0.15) is 0 Å². The third-order valence-corrected chi connectivity index (χ3v) is 2.68. The fourth-order valence-corrected chi connectivity index (χ4v) is 1.69. The maximum atomic E-state index is 11.8. The van der Waals surface area contributed by atoms with Crippen molar-refractivity contribution in [1.29, 1.82) is 0 Å². The summed E-state index contributed by atoms with van der Waals surface area (Å²) in [6.07, 6.45) is 0.618. The first kappa shape index (κ1) is 18.1. The molecule has 23 heavy (non-hydrogen) atoms. The Kier molecular flexibility index (Phi) is 5.75. The SMILES string of the molecule is Cc1c(C=C(N=[N+]=[N-])C(=O)O)cccc1NC(=O)OC(C)(C)C. The van der Waals surface area contributed by atoms with Crippen molar-refractivity contribution in [3.8, 4) is 0 Å². The molecule has 0 spiro atoms. The van der Waals surface area contributed by atoms with Crippen LogP contribution in [-0.4, -0.2) is 22.8 Å². The smallest absolute Gasteiger partial charge is 0.412 e. The van der Waals surface area contributed by atoms with Crippen molar-refractivity contribution in [3.63, 3.8) is 0 Å². The predicted octanol–water partition coefficient (Wildman–Crippen LogP) is 4.08. The number of ether oxygens (including phenoxy) is 1. The van der Waals surface area contributed by atoms with Gasteiger partial charge in [0.1, 0.15) is 11.3 Å². The van der Waals surface area contributed by atoms with Crippen molar-refractivity contribution in [2.45, 2.75) is 33.3 Å². The minimum Gasteiger partial charge on any atom is -0.478 e. The van der Waals surface area contributed by atoms with Crippen LogP contribution < -0.4 is 5.32 Å². The number of nitrogens with one attached hydrogen (secondary N) is 1. The van der Waals surface area contributed by atoms with Gasteiger partial charge in [-0.05, 0) is 56.5 Å². The van der Waals surface area contributed by atoms with Crippen molar-refractivity contribution in [2.24, 2.45) is 5.11 Å². The van der Waals surface area contributed by atoms with Gasteiger partial charge in [0, 0.05) is 10.6 Å². The lowest BCUT2D eigenvalue weighted by Crippen LogP contribution is -2.27. The number of nitrogens with zero attached hydrogens (tertiary/aromatic N) is 3. The van der Waals surface area contributed by atoms with Crippen LogP contribution in [-0.2, 0) is 9.53 Å². The molecule has 0 radical (unpaired) electrons. The minimum atomic E-state index is -1.34. The monoisotopic (exact) mass is 318 g/mol. The number of amides is 1. The maximum absolute atomic E-state index is 11.8. The summed E-state index contributed by atoms with van der Waals surface area (Å²) in [5, 5.41) is 14.7. The molecule has 0 saturated heterocycles. The average molecular weight is 318 g/mol. The molecule has 0 atom stereocenters. The summed E-state index contributed by atoms with van der Waals surface area (Å²) in [5.41, 5.74) is 8.91. The Morgan fingerprint density at radius 3 is 2.57 bits per heavy atom. The zero-order valence-corrected chi connectivity index (χ0v) is 13.3. The molecule has 0 aromatic heterocycles. The number of rotatable bonds is 4. The van der Waals surface area contributed by atoms with E-state index >= 15 is 0 Å². The number of carbonyl (C=O) groups excluding carboxylic acids is 1. The van der Waals surface area contributed by atoms with Gasteiger partial charge in [0.25, 0.3) is 0 Å². The van der Waals surface area contributed by atoms with Crippen LogP contribution in [0.2, 0.25) is 0 Å². The normalized spacial score (nSPS) is 11.4.